The van der Waals surface area contributed by atoms with Crippen molar-refractivity contribution in [1.29, 1.82) is 0 Å². The summed E-state index contributed by atoms with van der Waals surface area (Å²) in [5, 5.41) is 2.62. The smallest absolute Gasteiger partial charge is 0.246 e. The Hall–Kier alpha value is -2.62. The molecule has 0 bridgehead atoms. The van der Waals surface area contributed by atoms with Crippen molar-refractivity contribution in [3.05, 3.63) is 58.9 Å². The van der Waals surface area contributed by atoms with E-state index in [1.165, 1.54) is 6.07 Å². The van der Waals surface area contributed by atoms with Gasteiger partial charge >= 0.3 is 0 Å². The Labute approximate surface area is 148 Å². The van der Waals surface area contributed by atoms with Gasteiger partial charge in [0.15, 0.2) is 0 Å². The number of carbonyl (C=O) groups is 1. The van der Waals surface area contributed by atoms with Crippen LogP contribution in [0.5, 0.6) is 5.75 Å². The highest BCUT2D eigenvalue weighted by Gasteiger charge is 2.16. The van der Waals surface area contributed by atoms with Gasteiger partial charge in [-0.1, -0.05) is 19.1 Å². The SMILES string of the molecule is CCc1c(/C(C)=C(\C)C(=O)NC)cc(F)cc1-c1ccc(OC)cc1. The summed E-state index contributed by atoms with van der Waals surface area (Å²) in [5.74, 6) is 0.279. The fraction of sp³-hybridized carbons (Fsp3) is 0.286. The summed E-state index contributed by atoms with van der Waals surface area (Å²) in [5.41, 5.74) is 4.92. The van der Waals surface area contributed by atoms with Crippen LogP contribution < -0.4 is 10.1 Å². The molecule has 0 heterocycles. The molecule has 0 spiro atoms. The Morgan fingerprint density at radius 3 is 2.32 bits per heavy atom. The van der Waals surface area contributed by atoms with Gasteiger partial charge in [0, 0.05) is 12.6 Å². The van der Waals surface area contributed by atoms with Gasteiger partial charge in [0.05, 0.1) is 7.11 Å². The molecule has 0 fully saturated rings. The monoisotopic (exact) mass is 341 g/mol. The van der Waals surface area contributed by atoms with Gasteiger partial charge in [0.1, 0.15) is 11.6 Å². The van der Waals surface area contributed by atoms with Crippen LogP contribution in [-0.2, 0) is 11.2 Å². The van der Waals surface area contributed by atoms with E-state index in [0.717, 1.165) is 40.0 Å². The third kappa shape index (κ3) is 3.90. The summed E-state index contributed by atoms with van der Waals surface area (Å²) in [6.45, 7) is 5.65. The maximum Gasteiger partial charge on any atom is 0.246 e. The number of amides is 1. The zero-order valence-electron chi connectivity index (χ0n) is 15.4. The van der Waals surface area contributed by atoms with Crippen LogP contribution in [0.15, 0.2) is 42.0 Å². The van der Waals surface area contributed by atoms with Crippen LogP contribution in [0.25, 0.3) is 16.7 Å². The second-order valence-electron chi connectivity index (χ2n) is 5.89. The number of allylic oxidation sites excluding steroid dienone is 1. The molecule has 0 saturated carbocycles. The van der Waals surface area contributed by atoms with E-state index in [2.05, 4.69) is 5.32 Å². The van der Waals surface area contributed by atoms with E-state index < -0.39 is 0 Å². The highest BCUT2D eigenvalue weighted by atomic mass is 19.1. The predicted octanol–water partition coefficient (Wildman–Crippen LogP) is 4.60. The molecule has 0 saturated heterocycles. The van der Waals surface area contributed by atoms with Gasteiger partial charge in [-0.3, -0.25) is 4.79 Å². The van der Waals surface area contributed by atoms with Gasteiger partial charge < -0.3 is 10.1 Å². The predicted molar refractivity (Wildman–Crippen MR) is 100 cm³/mol. The minimum atomic E-state index is -0.318. The van der Waals surface area contributed by atoms with E-state index in [1.807, 2.05) is 38.1 Å². The minimum Gasteiger partial charge on any atom is -0.497 e. The molecule has 4 heteroatoms. The average Bonchev–Trinajstić information content (AvgIpc) is 2.65. The number of likely N-dealkylation sites (N-methyl/N-ethyl adjacent to an activating group) is 1. The number of nitrogens with one attached hydrogen (secondary N) is 1. The quantitative estimate of drug-likeness (QED) is 0.807. The number of carbonyl (C=O) groups excluding carboxylic acids is 1. The Morgan fingerprint density at radius 2 is 1.80 bits per heavy atom. The number of rotatable bonds is 5. The number of ether oxygens (including phenoxy) is 1. The molecule has 0 unspecified atom stereocenters. The lowest BCUT2D eigenvalue weighted by molar-refractivity contribution is -0.116. The van der Waals surface area contributed by atoms with Gasteiger partial charge in [0.25, 0.3) is 0 Å². The molecule has 25 heavy (non-hydrogen) atoms. The Morgan fingerprint density at radius 1 is 1.16 bits per heavy atom. The highest BCUT2D eigenvalue weighted by Crippen LogP contribution is 2.33. The van der Waals surface area contributed by atoms with Gasteiger partial charge in [-0.15, -0.1) is 0 Å². The molecule has 1 N–H and O–H groups in total. The average molecular weight is 341 g/mol. The largest absolute Gasteiger partial charge is 0.497 e. The van der Waals surface area contributed by atoms with E-state index in [9.17, 15) is 9.18 Å². The normalized spacial score (nSPS) is 11.8. The van der Waals surface area contributed by atoms with Crippen molar-refractivity contribution < 1.29 is 13.9 Å². The maximum absolute atomic E-state index is 14.3. The first-order valence-electron chi connectivity index (χ1n) is 8.29. The summed E-state index contributed by atoms with van der Waals surface area (Å²) in [4.78, 5) is 12.0. The number of benzene rings is 2. The van der Waals surface area contributed by atoms with Crippen molar-refractivity contribution in [3.63, 3.8) is 0 Å². The first-order valence-corrected chi connectivity index (χ1v) is 8.29. The maximum atomic E-state index is 14.3. The molecule has 0 aliphatic rings. The van der Waals surface area contributed by atoms with E-state index in [1.54, 1.807) is 27.1 Å². The van der Waals surface area contributed by atoms with Crippen LogP contribution in [0.3, 0.4) is 0 Å². The molecule has 0 aromatic heterocycles. The summed E-state index contributed by atoms with van der Waals surface area (Å²) in [7, 11) is 3.21. The van der Waals surface area contributed by atoms with Crippen LogP contribution in [0, 0.1) is 5.82 Å². The lowest BCUT2D eigenvalue weighted by atomic mass is 9.89. The van der Waals surface area contributed by atoms with Crippen LogP contribution in [0.1, 0.15) is 31.9 Å². The van der Waals surface area contributed by atoms with Crippen molar-refractivity contribution in [3.8, 4) is 16.9 Å². The third-order valence-electron chi connectivity index (χ3n) is 4.50. The topological polar surface area (TPSA) is 38.3 Å². The zero-order valence-corrected chi connectivity index (χ0v) is 15.4. The van der Waals surface area contributed by atoms with Crippen LogP contribution >= 0.6 is 0 Å². The van der Waals surface area contributed by atoms with E-state index in [0.29, 0.717) is 5.57 Å². The molecule has 2 aromatic rings. The van der Waals surface area contributed by atoms with Crippen molar-refractivity contribution in [2.45, 2.75) is 27.2 Å². The Balaban J connectivity index is 2.67. The Bertz CT molecular complexity index is 807. The molecule has 1 amide bonds. The molecule has 0 aliphatic heterocycles. The molecule has 132 valence electrons. The lowest BCUT2D eigenvalue weighted by Crippen LogP contribution is -2.19. The second-order valence-corrected chi connectivity index (χ2v) is 5.89. The number of methoxy groups -OCH3 is 1. The fourth-order valence-electron chi connectivity index (χ4n) is 2.94. The van der Waals surface area contributed by atoms with Gasteiger partial charge in [0.2, 0.25) is 5.91 Å². The molecule has 0 radical (unpaired) electrons. The first-order chi connectivity index (χ1) is 11.9. The number of hydrogen-bond donors (Lipinski definition) is 1. The zero-order chi connectivity index (χ0) is 18.6. The van der Waals surface area contributed by atoms with E-state index >= 15 is 0 Å². The van der Waals surface area contributed by atoms with Crippen LogP contribution in [-0.4, -0.2) is 20.1 Å². The minimum absolute atomic E-state index is 0.158. The molecular weight excluding hydrogens is 317 g/mol. The van der Waals surface area contributed by atoms with Crippen molar-refractivity contribution in [2.24, 2.45) is 0 Å². The standard InChI is InChI=1S/C21H24FNO2/c1-6-18-19(13(2)14(3)21(24)23-4)11-16(22)12-20(18)15-7-9-17(25-5)10-8-15/h7-12H,6H2,1-5H3,(H,23,24)/b14-13+. The number of halogens is 1. The van der Waals surface area contributed by atoms with Crippen molar-refractivity contribution in [2.75, 3.05) is 14.2 Å². The molecule has 3 nitrogen and oxygen atoms in total. The van der Waals surface area contributed by atoms with Gasteiger partial charge in [-0.2, -0.15) is 0 Å². The summed E-state index contributed by atoms with van der Waals surface area (Å²) in [6, 6.07) is 10.6. The van der Waals surface area contributed by atoms with Crippen molar-refractivity contribution >= 4 is 11.5 Å². The van der Waals surface area contributed by atoms with Crippen molar-refractivity contribution in [1.82, 2.24) is 5.32 Å². The van der Waals surface area contributed by atoms with Gasteiger partial charge in [-0.25, -0.2) is 4.39 Å². The van der Waals surface area contributed by atoms with E-state index in [4.69, 9.17) is 4.74 Å². The summed E-state index contributed by atoms with van der Waals surface area (Å²) in [6.07, 6.45) is 0.731. The van der Waals surface area contributed by atoms with Gasteiger partial charge in [-0.05, 0) is 72.4 Å². The summed E-state index contributed by atoms with van der Waals surface area (Å²) < 4.78 is 19.5. The third-order valence-corrected chi connectivity index (χ3v) is 4.50. The van der Waals surface area contributed by atoms with Crippen LogP contribution in [0.2, 0.25) is 0 Å². The molecule has 0 aliphatic carbocycles. The first kappa shape index (κ1) is 18.7. The molecule has 0 atom stereocenters. The van der Waals surface area contributed by atoms with E-state index in [-0.39, 0.29) is 11.7 Å². The highest BCUT2D eigenvalue weighted by molar-refractivity contribution is 6.00. The fourth-order valence-corrected chi connectivity index (χ4v) is 2.94. The second kappa shape index (κ2) is 7.97. The molecule has 2 rings (SSSR count). The molecule has 2 aromatic carbocycles. The summed E-state index contributed by atoms with van der Waals surface area (Å²) >= 11 is 0. The Kier molecular flexibility index (Phi) is 5.97. The molecular formula is C21H24FNO2. The number of hydrogen-bond acceptors (Lipinski definition) is 2. The lowest BCUT2D eigenvalue weighted by Gasteiger charge is -2.17. The van der Waals surface area contributed by atoms with Crippen LogP contribution in [0.4, 0.5) is 4.39 Å².